The van der Waals surface area contributed by atoms with Crippen molar-refractivity contribution in [1.82, 2.24) is 14.9 Å². The summed E-state index contributed by atoms with van der Waals surface area (Å²) in [5.41, 5.74) is 2.27. The molecule has 0 saturated carbocycles. The predicted octanol–water partition coefficient (Wildman–Crippen LogP) is 3.09. The van der Waals surface area contributed by atoms with Crippen LogP contribution in [0, 0.1) is 0 Å². The first kappa shape index (κ1) is 14.6. The van der Waals surface area contributed by atoms with Crippen LogP contribution in [0.3, 0.4) is 0 Å². The molecule has 1 aromatic carbocycles. The monoisotopic (exact) mass is 323 g/mol. The Balaban J connectivity index is 1.80. The number of imidazole rings is 1. The summed E-state index contributed by atoms with van der Waals surface area (Å²) in [4.78, 5) is 16.9. The molecule has 0 unspecified atom stereocenters. The van der Waals surface area contributed by atoms with E-state index in [1.807, 2.05) is 34.9 Å². The average Bonchev–Trinajstić information content (AvgIpc) is 3.12. The van der Waals surface area contributed by atoms with Crippen LogP contribution in [0.25, 0.3) is 22.6 Å². The Morgan fingerprint density at radius 2 is 2.29 bits per heavy atom. The van der Waals surface area contributed by atoms with Gasteiger partial charge >= 0.3 is 0 Å². The number of carbonyl (C=O) groups excluding carboxylic acids is 1. The molecule has 0 bridgehead atoms. The minimum absolute atomic E-state index is 0.0687. The normalized spacial score (nSPS) is 13.6. The molecule has 1 N–H and O–H groups in total. The first-order chi connectivity index (χ1) is 11.6. The maximum absolute atomic E-state index is 12.2. The zero-order chi connectivity index (χ0) is 16.7. The second-order valence-electron chi connectivity index (χ2n) is 5.77. The number of para-hydroxylation sites is 1. The van der Waals surface area contributed by atoms with Gasteiger partial charge in [-0.1, -0.05) is 12.6 Å². The van der Waals surface area contributed by atoms with Crippen LogP contribution in [0.15, 0.2) is 47.1 Å². The van der Waals surface area contributed by atoms with Crippen molar-refractivity contribution in [1.29, 1.82) is 0 Å². The summed E-state index contributed by atoms with van der Waals surface area (Å²) in [5, 5.41) is 2.91. The van der Waals surface area contributed by atoms with Crippen molar-refractivity contribution >= 4 is 16.9 Å². The fourth-order valence-electron chi connectivity index (χ4n) is 2.92. The maximum atomic E-state index is 12.2. The lowest BCUT2D eigenvalue weighted by Gasteiger charge is -2.05. The molecule has 1 aliphatic heterocycles. The van der Waals surface area contributed by atoms with Crippen LogP contribution < -0.4 is 5.32 Å². The summed E-state index contributed by atoms with van der Waals surface area (Å²) in [6.07, 6.45) is 0. The molecule has 6 heteroatoms. The predicted molar refractivity (Wildman–Crippen MR) is 89.4 cm³/mol. The molecule has 1 amide bonds. The van der Waals surface area contributed by atoms with E-state index in [1.165, 1.54) is 0 Å². The smallest absolute Gasteiger partial charge is 0.253 e. The van der Waals surface area contributed by atoms with E-state index in [0.717, 1.165) is 16.9 Å². The van der Waals surface area contributed by atoms with Gasteiger partial charge in [-0.15, -0.1) is 0 Å². The van der Waals surface area contributed by atoms with Crippen LogP contribution >= 0.6 is 0 Å². The van der Waals surface area contributed by atoms with Gasteiger partial charge in [0.05, 0.1) is 22.4 Å². The second kappa shape index (κ2) is 5.56. The van der Waals surface area contributed by atoms with Gasteiger partial charge in [0, 0.05) is 13.1 Å². The lowest BCUT2D eigenvalue weighted by Crippen LogP contribution is -2.24. The zero-order valence-corrected chi connectivity index (χ0v) is 13.3. The average molecular weight is 323 g/mol. The molecular formula is C18H17N3O3. The highest BCUT2D eigenvalue weighted by atomic mass is 16.5. The molecule has 0 atom stereocenters. The first-order valence-electron chi connectivity index (χ1n) is 7.78. The highest BCUT2D eigenvalue weighted by molar-refractivity contribution is 6.06. The van der Waals surface area contributed by atoms with Crippen molar-refractivity contribution in [3.05, 3.63) is 54.0 Å². The van der Waals surface area contributed by atoms with E-state index in [0.29, 0.717) is 42.5 Å². The number of hydrogen-bond donors (Lipinski definition) is 1. The van der Waals surface area contributed by atoms with Crippen molar-refractivity contribution in [2.45, 2.75) is 20.1 Å². The Morgan fingerprint density at radius 1 is 1.42 bits per heavy atom. The number of nitrogens with one attached hydrogen (secondary N) is 1. The van der Waals surface area contributed by atoms with E-state index in [2.05, 4.69) is 16.9 Å². The van der Waals surface area contributed by atoms with E-state index in [9.17, 15) is 4.79 Å². The molecule has 6 nitrogen and oxygen atoms in total. The van der Waals surface area contributed by atoms with Gasteiger partial charge in [0.1, 0.15) is 12.4 Å². The van der Waals surface area contributed by atoms with Crippen molar-refractivity contribution in [3.8, 4) is 11.6 Å². The Bertz CT molecular complexity index is 952. The van der Waals surface area contributed by atoms with Crippen LogP contribution in [0.1, 0.15) is 23.0 Å². The van der Waals surface area contributed by atoms with Gasteiger partial charge in [0.2, 0.25) is 0 Å². The topological polar surface area (TPSA) is 69.3 Å². The number of ether oxygens (including phenoxy) is 1. The molecule has 3 aromatic rings. The molecule has 1 aliphatic rings. The largest absolute Gasteiger partial charge is 0.491 e. The molecule has 0 fully saturated rings. The van der Waals surface area contributed by atoms with E-state index < -0.39 is 0 Å². The number of furan rings is 1. The Kier molecular flexibility index (Phi) is 3.37. The molecule has 4 rings (SSSR count). The number of allylic oxidation sites excluding steroid dienone is 1. The lowest BCUT2D eigenvalue weighted by atomic mass is 10.2. The van der Waals surface area contributed by atoms with Gasteiger partial charge in [-0.05, 0) is 31.2 Å². The lowest BCUT2D eigenvalue weighted by molar-refractivity contribution is 0.0956. The van der Waals surface area contributed by atoms with Gasteiger partial charge in [0.15, 0.2) is 11.6 Å². The summed E-state index contributed by atoms with van der Waals surface area (Å²) in [6, 6.07) is 9.32. The van der Waals surface area contributed by atoms with Crippen LogP contribution in [0.5, 0.6) is 0 Å². The molecular weight excluding hydrogens is 306 g/mol. The molecule has 0 radical (unpaired) electrons. The number of amides is 1. The van der Waals surface area contributed by atoms with E-state index in [-0.39, 0.29) is 5.91 Å². The van der Waals surface area contributed by atoms with Crippen molar-refractivity contribution in [2.75, 3.05) is 6.54 Å². The maximum Gasteiger partial charge on any atom is 0.253 e. The molecule has 0 saturated heterocycles. The van der Waals surface area contributed by atoms with Gasteiger partial charge in [0.25, 0.3) is 5.91 Å². The number of rotatable bonds is 4. The third-order valence-corrected chi connectivity index (χ3v) is 3.98. The van der Waals surface area contributed by atoms with Crippen molar-refractivity contribution in [3.63, 3.8) is 0 Å². The summed E-state index contributed by atoms with van der Waals surface area (Å²) in [5.74, 6) is 2.65. The highest BCUT2D eigenvalue weighted by Gasteiger charge is 2.23. The minimum atomic E-state index is -0.0687. The number of carbonyl (C=O) groups is 1. The Morgan fingerprint density at radius 3 is 3.12 bits per heavy atom. The van der Waals surface area contributed by atoms with Crippen molar-refractivity contribution in [2.24, 2.45) is 0 Å². The Labute approximate surface area is 138 Å². The van der Waals surface area contributed by atoms with E-state index in [4.69, 9.17) is 9.15 Å². The quantitative estimate of drug-likeness (QED) is 0.749. The van der Waals surface area contributed by atoms with Gasteiger partial charge < -0.3 is 19.0 Å². The third-order valence-electron chi connectivity index (χ3n) is 3.98. The fraction of sp³-hybridized carbons (Fsp3) is 0.222. The van der Waals surface area contributed by atoms with E-state index in [1.54, 1.807) is 6.92 Å². The number of nitrogens with zero attached hydrogens (tertiary/aromatic N) is 2. The molecule has 2 aromatic heterocycles. The first-order valence-corrected chi connectivity index (χ1v) is 7.78. The van der Waals surface area contributed by atoms with Crippen LogP contribution in [-0.2, 0) is 17.9 Å². The zero-order valence-electron chi connectivity index (χ0n) is 13.3. The third kappa shape index (κ3) is 2.36. The van der Waals surface area contributed by atoms with Crippen molar-refractivity contribution < 1.29 is 13.9 Å². The number of aromatic nitrogens is 2. The summed E-state index contributed by atoms with van der Waals surface area (Å²) in [7, 11) is 0. The summed E-state index contributed by atoms with van der Waals surface area (Å²) >= 11 is 0. The number of benzene rings is 1. The summed E-state index contributed by atoms with van der Waals surface area (Å²) < 4.78 is 13.3. The van der Waals surface area contributed by atoms with Crippen LogP contribution in [-0.4, -0.2) is 22.0 Å². The molecule has 24 heavy (non-hydrogen) atoms. The van der Waals surface area contributed by atoms with Gasteiger partial charge in [-0.2, -0.15) is 0 Å². The summed E-state index contributed by atoms with van der Waals surface area (Å²) in [6.45, 7) is 7.04. The second-order valence-corrected chi connectivity index (χ2v) is 5.77. The minimum Gasteiger partial charge on any atom is -0.491 e. The molecule has 0 spiro atoms. The fourth-order valence-corrected chi connectivity index (χ4v) is 2.92. The van der Waals surface area contributed by atoms with Gasteiger partial charge in [-0.25, -0.2) is 4.98 Å². The Hall–Kier alpha value is -3.02. The highest BCUT2D eigenvalue weighted by Crippen LogP contribution is 2.29. The number of hydrogen-bond acceptors (Lipinski definition) is 4. The standard InChI is InChI=1S/C18H17N3O3/c1-11(2)23-10-12-6-7-15(24-12)17-20-14-5-3-4-13-16(14)21(17)9-8-19-18(13)22/h3-7H,1,8-10H2,2H3,(H,19,22). The van der Waals surface area contributed by atoms with Crippen LogP contribution in [0.4, 0.5) is 0 Å². The molecule has 0 aliphatic carbocycles. The van der Waals surface area contributed by atoms with Gasteiger partial charge in [-0.3, -0.25) is 4.79 Å². The molecule has 3 heterocycles. The van der Waals surface area contributed by atoms with E-state index >= 15 is 0 Å². The molecule has 122 valence electrons. The van der Waals surface area contributed by atoms with Crippen LogP contribution in [0.2, 0.25) is 0 Å². The SMILES string of the molecule is C=C(C)OCc1ccc(-c2nc3cccc4c3n2CCNC4=O)o1.